The number of methoxy groups -OCH3 is 1. The third-order valence-corrected chi connectivity index (χ3v) is 4.09. The fourth-order valence-electron chi connectivity index (χ4n) is 2.67. The van der Waals surface area contributed by atoms with Crippen molar-refractivity contribution >= 4 is 17.5 Å². The van der Waals surface area contributed by atoms with Crippen molar-refractivity contribution in [1.82, 2.24) is 10.2 Å². The van der Waals surface area contributed by atoms with Gasteiger partial charge in [-0.25, -0.2) is 0 Å². The van der Waals surface area contributed by atoms with Crippen LogP contribution in [0.1, 0.15) is 18.4 Å². The maximum atomic E-state index is 12.0. The van der Waals surface area contributed by atoms with Crippen LogP contribution in [0.3, 0.4) is 0 Å². The Labute approximate surface area is 131 Å². The minimum atomic E-state index is 0.137. The topological polar surface area (TPSA) is 41.6 Å². The third-order valence-electron chi connectivity index (χ3n) is 3.86. The van der Waals surface area contributed by atoms with Crippen molar-refractivity contribution in [2.24, 2.45) is 5.92 Å². The summed E-state index contributed by atoms with van der Waals surface area (Å²) in [5.74, 6) is 0.298. The molecule has 1 heterocycles. The normalized spacial score (nSPS) is 16.9. The van der Waals surface area contributed by atoms with E-state index in [4.69, 9.17) is 16.3 Å². The van der Waals surface area contributed by atoms with Crippen LogP contribution >= 0.6 is 11.6 Å². The van der Waals surface area contributed by atoms with Crippen molar-refractivity contribution in [3.63, 3.8) is 0 Å². The number of hydrogen-bond donors (Lipinski definition) is 1. The van der Waals surface area contributed by atoms with Crippen LogP contribution in [-0.4, -0.2) is 44.2 Å². The summed E-state index contributed by atoms with van der Waals surface area (Å²) >= 11 is 6.01. The second-order valence-corrected chi connectivity index (χ2v) is 5.90. The summed E-state index contributed by atoms with van der Waals surface area (Å²) in [5, 5.41) is 3.70. The summed E-state index contributed by atoms with van der Waals surface area (Å²) in [7, 11) is 1.64. The number of piperidine rings is 1. The molecule has 0 saturated carbocycles. The monoisotopic (exact) mass is 310 g/mol. The van der Waals surface area contributed by atoms with E-state index in [1.165, 1.54) is 5.56 Å². The van der Waals surface area contributed by atoms with Crippen molar-refractivity contribution < 1.29 is 9.53 Å². The number of amides is 1. The first-order valence-electron chi connectivity index (χ1n) is 7.42. The number of halogens is 1. The molecule has 1 N–H and O–H groups in total. The molecule has 0 bridgehead atoms. The predicted molar refractivity (Wildman–Crippen MR) is 84.3 cm³/mol. The first kappa shape index (κ1) is 16.3. The number of hydrogen-bond acceptors (Lipinski definition) is 3. The Morgan fingerprint density at radius 3 is 2.86 bits per heavy atom. The zero-order chi connectivity index (χ0) is 15.1. The molecule has 0 unspecified atom stereocenters. The zero-order valence-electron chi connectivity index (χ0n) is 12.5. The molecule has 1 aliphatic heterocycles. The maximum absolute atomic E-state index is 12.0. The first-order chi connectivity index (χ1) is 10.2. The molecule has 0 radical (unpaired) electrons. The molecule has 0 aromatic heterocycles. The van der Waals surface area contributed by atoms with Gasteiger partial charge in [0.25, 0.3) is 0 Å². The number of benzene rings is 1. The molecule has 0 atom stereocenters. The van der Waals surface area contributed by atoms with Crippen LogP contribution in [0.25, 0.3) is 0 Å². The van der Waals surface area contributed by atoms with Gasteiger partial charge in [-0.15, -0.1) is 0 Å². The number of rotatable bonds is 6. The molecule has 116 valence electrons. The van der Waals surface area contributed by atoms with Gasteiger partial charge < -0.3 is 10.1 Å². The van der Waals surface area contributed by atoms with E-state index in [1.54, 1.807) is 7.11 Å². The van der Waals surface area contributed by atoms with E-state index in [0.717, 1.165) is 37.5 Å². The predicted octanol–water partition coefficient (Wildman–Crippen LogP) is 2.31. The Bertz CT molecular complexity index is 459. The van der Waals surface area contributed by atoms with Crippen LogP contribution < -0.4 is 5.32 Å². The van der Waals surface area contributed by atoms with Crippen LogP contribution in [0.15, 0.2) is 24.3 Å². The molecule has 5 heteroatoms. The van der Waals surface area contributed by atoms with Crippen molar-refractivity contribution in [1.29, 1.82) is 0 Å². The van der Waals surface area contributed by atoms with E-state index in [2.05, 4.69) is 16.3 Å². The second kappa shape index (κ2) is 8.37. The molecule has 1 aromatic carbocycles. The first-order valence-corrected chi connectivity index (χ1v) is 7.80. The van der Waals surface area contributed by atoms with Gasteiger partial charge in [-0.2, -0.15) is 0 Å². The molecule has 1 aromatic rings. The van der Waals surface area contributed by atoms with Gasteiger partial charge in [0.15, 0.2) is 0 Å². The molecular weight excluding hydrogens is 288 g/mol. The lowest BCUT2D eigenvalue weighted by Crippen LogP contribution is -2.41. The lowest BCUT2D eigenvalue weighted by molar-refractivity contribution is -0.126. The maximum Gasteiger partial charge on any atom is 0.223 e. The van der Waals surface area contributed by atoms with E-state index < -0.39 is 0 Å². The highest BCUT2D eigenvalue weighted by atomic mass is 35.5. The Morgan fingerprint density at radius 1 is 1.43 bits per heavy atom. The largest absolute Gasteiger partial charge is 0.383 e. The lowest BCUT2D eigenvalue weighted by Gasteiger charge is -2.31. The highest BCUT2D eigenvalue weighted by Crippen LogP contribution is 2.20. The number of carbonyl (C=O) groups is 1. The van der Waals surface area contributed by atoms with Gasteiger partial charge in [-0.3, -0.25) is 9.69 Å². The lowest BCUT2D eigenvalue weighted by atomic mass is 9.95. The molecule has 1 aliphatic rings. The summed E-state index contributed by atoms with van der Waals surface area (Å²) in [6, 6.07) is 7.97. The second-order valence-electron chi connectivity index (χ2n) is 5.46. The molecule has 1 amide bonds. The molecular formula is C16H23ClN2O2. The number of nitrogens with one attached hydrogen (secondary N) is 1. The van der Waals surface area contributed by atoms with Crippen LogP contribution in [0.2, 0.25) is 5.02 Å². The SMILES string of the molecule is COCCNC(=O)C1CCN(Cc2cccc(Cl)c2)CC1. The highest BCUT2D eigenvalue weighted by molar-refractivity contribution is 6.30. The highest BCUT2D eigenvalue weighted by Gasteiger charge is 2.24. The number of nitrogens with zero attached hydrogens (tertiary/aromatic N) is 1. The van der Waals surface area contributed by atoms with E-state index in [-0.39, 0.29) is 11.8 Å². The zero-order valence-corrected chi connectivity index (χ0v) is 13.2. The van der Waals surface area contributed by atoms with Crippen molar-refractivity contribution in [3.05, 3.63) is 34.9 Å². The van der Waals surface area contributed by atoms with E-state index in [1.807, 2.05) is 18.2 Å². The minimum Gasteiger partial charge on any atom is -0.383 e. The summed E-state index contributed by atoms with van der Waals surface area (Å²) in [6.07, 6.45) is 1.83. The smallest absolute Gasteiger partial charge is 0.223 e. The van der Waals surface area contributed by atoms with E-state index in [9.17, 15) is 4.79 Å². The molecule has 21 heavy (non-hydrogen) atoms. The van der Waals surface area contributed by atoms with E-state index in [0.29, 0.717) is 13.2 Å². The summed E-state index contributed by atoms with van der Waals surface area (Å²) in [4.78, 5) is 14.4. The number of carbonyl (C=O) groups excluding carboxylic acids is 1. The molecule has 2 rings (SSSR count). The van der Waals surface area contributed by atoms with Crippen molar-refractivity contribution in [2.75, 3.05) is 33.4 Å². The van der Waals surface area contributed by atoms with Gasteiger partial charge in [-0.1, -0.05) is 23.7 Å². The van der Waals surface area contributed by atoms with Gasteiger partial charge in [-0.05, 0) is 43.6 Å². The van der Waals surface area contributed by atoms with Gasteiger partial charge in [0, 0.05) is 31.1 Å². The Hall–Kier alpha value is -1.10. The van der Waals surface area contributed by atoms with Crippen molar-refractivity contribution in [3.8, 4) is 0 Å². The number of ether oxygens (including phenoxy) is 1. The molecule has 0 aliphatic carbocycles. The molecule has 1 fully saturated rings. The molecule has 4 nitrogen and oxygen atoms in total. The Kier molecular flexibility index (Phi) is 6.49. The standard InChI is InChI=1S/C16H23ClN2O2/c1-21-10-7-18-16(20)14-5-8-19(9-6-14)12-13-3-2-4-15(17)11-13/h2-4,11,14H,5-10,12H2,1H3,(H,18,20). The van der Waals surface area contributed by atoms with Crippen molar-refractivity contribution in [2.45, 2.75) is 19.4 Å². The van der Waals surface area contributed by atoms with Gasteiger partial charge >= 0.3 is 0 Å². The average Bonchev–Trinajstić information content (AvgIpc) is 2.48. The Morgan fingerprint density at radius 2 is 2.19 bits per heavy atom. The van der Waals surface area contributed by atoms with Crippen LogP contribution in [0.5, 0.6) is 0 Å². The molecule has 0 spiro atoms. The molecule has 1 saturated heterocycles. The van der Waals surface area contributed by atoms with Crippen LogP contribution in [0, 0.1) is 5.92 Å². The Balaban J connectivity index is 1.74. The van der Waals surface area contributed by atoms with Gasteiger partial charge in [0.1, 0.15) is 0 Å². The minimum absolute atomic E-state index is 0.137. The number of likely N-dealkylation sites (tertiary alicyclic amines) is 1. The van der Waals surface area contributed by atoms with E-state index >= 15 is 0 Å². The summed E-state index contributed by atoms with van der Waals surface area (Å²) in [5.41, 5.74) is 1.23. The fourth-order valence-corrected chi connectivity index (χ4v) is 2.88. The van der Waals surface area contributed by atoms with Gasteiger partial charge in [0.2, 0.25) is 5.91 Å². The quantitative estimate of drug-likeness (QED) is 0.820. The fraction of sp³-hybridized carbons (Fsp3) is 0.562. The summed E-state index contributed by atoms with van der Waals surface area (Å²) < 4.78 is 4.94. The summed E-state index contributed by atoms with van der Waals surface area (Å²) in [6.45, 7) is 3.97. The van der Waals surface area contributed by atoms with Gasteiger partial charge in [0.05, 0.1) is 6.61 Å². The van der Waals surface area contributed by atoms with Crippen LogP contribution in [0.4, 0.5) is 0 Å². The average molecular weight is 311 g/mol. The van der Waals surface area contributed by atoms with Crippen LogP contribution in [-0.2, 0) is 16.1 Å². The third kappa shape index (κ3) is 5.30.